The molecule has 0 heterocycles. The van der Waals surface area contributed by atoms with Gasteiger partial charge in [0, 0.05) is 37.3 Å². The molecule has 0 aliphatic rings. The smallest absolute Gasteiger partial charge is 0.334 e. The number of carbonyl (C=O) groups excluding carboxylic acids is 1. The van der Waals surface area contributed by atoms with Crippen LogP contribution in [0.4, 0.5) is 0 Å². The van der Waals surface area contributed by atoms with Gasteiger partial charge < -0.3 is 4.74 Å². The predicted molar refractivity (Wildman–Crippen MR) is 115 cm³/mol. The number of carbonyl (C=O) groups is 1. The van der Waals surface area contributed by atoms with Crippen molar-refractivity contribution < 1.29 is 9.53 Å². The van der Waals surface area contributed by atoms with Gasteiger partial charge in [-0.1, -0.05) is 77.8 Å². The zero-order chi connectivity index (χ0) is 20.3. The number of halogens is 3. The first-order chi connectivity index (χ1) is 13.3. The molecule has 0 amide bonds. The standard InChI is InChI=1S/C23H17Cl3O2/c1-15(2)22(27)28-23(16-6-3-9-19(24)12-16,17-7-4-10-20(25)13-17)18-8-5-11-21(26)14-18/h3-14H,1H2,2H3. The van der Waals surface area contributed by atoms with Gasteiger partial charge in [0.2, 0.25) is 0 Å². The minimum Gasteiger partial charge on any atom is -0.441 e. The minimum absolute atomic E-state index is 0.274. The van der Waals surface area contributed by atoms with E-state index in [9.17, 15) is 4.79 Å². The van der Waals surface area contributed by atoms with Gasteiger partial charge in [0.05, 0.1) is 0 Å². The van der Waals surface area contributed by atoms with E-state index >= 15 is 0 Å². The zero-order valence-corrected chi connectivity index (χ0v) is 17.4. The third-order valence-electron chi connectivity index (χ3n) is 4.29. The fraction of sp³-hybridized carbons (Fsp3) is 0.0870. The predicted octanol–water partition coefficient (Wildman–Crippen LogP) is 7.06. The van der Waals surface area contributed by atoms with Gasteiger partial charge in [0.25, 0.3) is 0 Å². The molecule has 28 heavy (non-hydrogen) atoms. The highest BCUT2D eigenvalue weighted by molar-refractivity contribution is 6.31. The van der Waals surface area contributed by atoms with Crippen LogP contribution in [0.3, 0.4) is 0 Å². The van der Waals surface area contributed by atoms with E-state index in [0.717, 1.165) is 0 Å². The maximum Gasteiger partial charge on any atom is 0.334 e. The monoisotopic (exact) mass is 430 g/mol. The average molecular weight is 432 g/mol. The Hall–Kier alpha value is -2.26. The number of ether oxygens (including phenoxy) is 1. The van der Waals surface area contributed by atoms with Crippen molar-refractivity contribution >= 4 is 40.8 Å². The van der Waals surface area contributed by atoms with E-state index in [1.807, 2.05) is 18.2 Å². The van der Waals surface area contributed by atoms with Crippen LogP contribution in [0, 0.1) is 0 Å². The van der Waals surface area contributed by atoms with Crippen molar-refractivity contribution in [1.82, 2.24) is 0 Å². The first kappa shape index (κ1) is 20.5. The highest BCUT2D eigenvalue weighted by atomic mass is 35.5. The van der Waals surface area contributed by atoms with Gasteiger partial charge in [-0.05, 0) is 43.3 Å². The molecule has 0 atom stereocenters. The molecule has 0 N–H and O–H groups in total. The molecule has 0 unspecified atom stereocenters. The van der Waals surface area contributed by atoms with Crippen molar-refractivity contribution in [1.29, 1.82) is 0 Å². The Bertz CT molecular complexity index is 932. The molecule has 0 saturated carbocycles. The molecule has 2 nitrogen and oxygen atoms in total. The van der Waals surface area contributed by atoms with Gasteiger partial charge in [-0.25, -0.2) is 4.79 Å². The van der Waals surface area contributed by atoms with E-state index in [-0.39, 0.29) is 5.57 Å². The van der Waals surface area contributed by atoms with Gasteiger partial charge >= 0.3 is 5.97 Å². The van der Waals surface area contributed by atoms with E-state index in [2.05, 4.69) is 6.58 Å². The Morgan fingerprint density at radius 3 is 1.43 bits per heavy atom. The molecule has 0 aliphatic heterocycles. The Morgan fingerprint density at radius 1 is 0.786 bits per heavy atom. The molecule has 0 aliphatic carbocycles. The summed E-state index contributed by atoms with van der Waals surface area (Å²) in [5, 5.41) is 1.53. The Morgan fingerprint density at radius 2 is 1.14 bits per heavy atom. The lowest BCUT2D eigenvalue weighted by Crippen LogP contribution is -2.35. The second kappa shape index (κ2) is 8.40. The van der Waals surface area contributed by atoms with Crippen molar-refractivity contribution in [2.45, 2.75) is 12.5 Å². The summed E-state index contributed by atoms with van der Waals surface area (Å²) in [7, 11) is 0. The number of hydrogen-bond donors (Lipinski definition) is 0. The van der Waals surface area contributed by atoms with Gasteiger partial charge in [-0.2, -0.15) is 0 Å². The molecule has 0 spiro atoms. The number of benzene rings is 3. The molecule has 0 fully saturated rings. The van der Waals surface area contributed by atoms with Crippen LogP contribution in [0.2, 0.25) is 15.1 Å². The fourth-order valence-corrected chi connectivity index (χ4v) is 3.60. The Balaban J connectivity index is 2.40. The lowest BCUT2D eigenvalue weighted by Gasteiger charge is -2.35. The van der Waals surface area contributed by atoms with Crippen LogP contribution >= 0.6 is 34.8 Å². The molecule has 0 radical (unpaired) electrons. The molecule has 0 bridgehead atoms. The summed E-state index contributed by atoms with van der Waals surface area (Å²) in [6, 6.07) is 21.5. The van der Waals surface area contributed by atoms with Gasteiger partial charge in [0.15, 0.2) is 5.60 Å². The molecule has 5 heteroatoms. The molecule has 0 saturated heterocycles. The quantitative estimate of drug-likeness (QED) is 0.245. The number of rotatable bonds is 5. The van der Waals surface area contributed by atoms with Gasteiger partial charge in [-0.15, -0.1) is 0 Å². The Kier molecular flexibility index (Phi) is 6.14. The van der Waals surface area contributed by atoms with Crippen LogP contribution in [0.15, 0.2) is 84.9 Å². The number of esters is 1. The van der Waals surface area contributed by atoms with Crippen molar-refractivity contribution in [3.8, 4) is 0 Å². The van der Waals surface area contributed by atoms with Crippen LogP contribution in [-0.4, -0.2) is 5.97 Å². The minimum atomic E-state index is -1.31. The molecule has 0 aromatic heterocycles. The second-order valence-electron chi connectivity index (χ2n) is 6.38. The second-order valence-corrected chi connectivity index (χ2v) is 7.69. The Labute approximate surface area is 179 Å². The first-order valence-corrected chi connectivity index (χ1v) is 9.63. The van der Waals surface area contributed by atoms with E-state index < -0.39 is 11.6 Å². The fourth-order valence-electron chi connectivity index (χ4n) is 3.03. The van der Waals surface area contributed by atoms with E-state index in [0.29, 0.717) is 31.8 Å². The van der Waals surface area contributed by atoms with Crippen LogP contribution in [0.1, 0.15) is 23.6 Å². The summed E-state index contributed by atoms with van der Waals surface area (Å²) in [5.74, 6) is -0.542. The summed E-state index contributed by atoms with van der Waals surface area (Å²) in [4.78, 5) is 12.7. The normalized spacial score (nSPS) is 11.1. The number of hydrogen-bond acceptors (Lipinski definition) is 2. The van der Waals surface area contributed by atoms with Crippen molar-refractivity contribution in [3.05, 3.63) is 117 Å². The van der Waals surface area contributed by atoms with E-state index in [1.54, 1.807) is 61.5 Å². The van der Waals surface area contributed by atoms with E-state index in [4.69, 9.17) is 39.5 Å². The average Bonchev–Trinajstić information content (AvgIpc) is 2.65. The molecule has 3 aromatic carbocycles. The lowest BCUT2D eigenvalue weighted by molar-refractivity contribution is -0.148. The molecular formula is C23H17Cl3O2. The topological polar surface area (TPSA) is 26.3 Å². The largest absolute Gasteiger partial charge is 0.441 e. The maximum absolute atomic E-state index is 12.7. The molecular weight excluding hydrogens is 415 g/mol. The van der Waals surface area contributed by atoms with Crippen molar-refractivity contribution in [2.75, 3.05) is 0 Å². The first-order valence-electron chi connectivity index (χ1n) is 8.50. The molecule has 3 aromatic rings. The molecule has 3 rings (SSSR count). The summed E-state index contributed by atoms with van der Waals surface area (Å²) < 4.78 is 6.11. The molecule has 142 valence electrons. The van der Waals surface area contributed by atoms with Crippen molar-refractivity contribution in [2.24, 2.45) is 0 Å². The summed E-state index contributed by atoms with van der Waals surface area (Å²) in [6.45, 7) is 5.32. The van der Waals surface area contributed by atoms with Crippen molar-refractivity contribution in [3.63, 3.8) is 0 Å². The lowest BCUT2D eigenvalue weighted by atomic mass is 9.80. The van der Waals surface area contributed by atoms with Crippen LogP contribution < -0.4 is 0 Å². The van der Waals surface area contributed by atoms with Gasteiger partial charge in [-0.3, -0.25) is 0 Å². The summed E-state index contributed by atoms with van der Waals surface area (Å²) >= 11 is 18.8. The zero-order valence-electron chi connectivity index (χ0n) is 15.1. The van der Waals surface area contributed by atoms with E-state index in [1.165, 1.54) is 0 Å². The maximum atomic E-state index is 12.7. The van der Waals surface area contributed by atoms with Crippen LogP contribution in [-0.2, 0) is 15.1 Å². The van der Waals surface area contributed by atoms with Gasteiger partial charge in [0.1, 0.15) is 0 Å². The third-order valence-corrected chi connectivity index (χ3v) is 4.99. The highest BCUT2D eigenvalue weighted by Crippen LogP contribution is 2.43. The third kappa shape index (κ3) is 4.10. The summed E-state index contributed by atoms with van der Waals surface area (Å²) in [6.07, 6.45) is 0. The summed E-state index contributed by atoms with van der Waals surface area (Å²) in [5.41, 5.74) is 0.962. The SMILES string of the molecule is C=C(C)C(=O)OC(c1cccc(Cl)c1)(c1cccc(Cl)c1)c1cccc(Cl)c1. The van der Waals surface area contributed by atoms with Crippen LogP contribution in [0.5, 0.6) is 0 Å². The highest BCUT2D eigenvalue weighted by Gasteiger charge is 2.41. The van der Waals surface area contributed by atoms with Crippen LogP contribution in [0.25, 0.3) is 0 Å².